The molecule has 26 heavy (non-hydrogen) atoms. The van der Waals surface area contributed by atoms with Gasteiger partial charge in [-0.2, -0.15) is 0 Å². The van der Waals surface area contributed by atoms with Crippen molar-refractivity contribution in [3.63, 3.8) is 0 Å². The molecule has 6 heteroatoms. The fourth-order valence-electron chi connectivity index (χ4n) is 2.69. The highest BCUT2D eigenvalue weighted by Gasteiger charge is 2.27. The largest absolute Gasteiger partial charge is 0.493 e. The molecule has 0 aromatic heterocycles. The molecule has 6 nitrogen and oxygen atoms in total. The van der Waals surface area contributed by atoms with Crippen LogP contribution in [0.3, 0.4) is 0 Å². The Morgan fingerprint density at radius 2 is 1.65 bits per heavy atom. The van der Waals surface area contributed by atoms with E-state index < -0.39 is 12.0 Å². The number of methoxy groups -OCH3 is 2. The maximum atomic E-state index is 12.6. The molecule has 0 spiro atoms. The van der Waals surface area contributed by atoms with Crippen molar-refractivity contribution in [2.24, 2.45) is 0 Å². The fourth-order valence-corrected chi connectivity index (χ4v) is 2.69. The number of hydrogen-bond acceptors (Lipinski definition) is 4. The summed E-state index contributed by atoms with van der Waals surface area (Å²) in [6, 6.07) is 13.5. The highest BCUT2D eigenvalue weighted by atomic mass is 16.5. The van der Waals surface area contributed by atoms with Gasteiger partial charge in [0.1, 0.15) is 6.04 Å². The number of carboxylic acid groups (broad SMARTS) is 1. The van der Waals surface area contributed by atoms with Gasteiger partial charge in [0, 0.05) is 13.5 Å². The van der Waals surface area contributed by atoms with Crippen LogP contribution in [0, 0.1) is 0 Å². The first kappa shape index (κ1) is 19.3. The van der Waals surface area contributed by atoms with Crippen molar-refractivity contribution in [3.8, 4) is 11.5 Å². The van der Waals surface area contributed by atoms with E-state index in [0.29, 0.717) is 11.5 Å². The summed E-state index contributed by atoms with van der Waals surface area (Å²) in [5.41, 5.74) is 1.59. The van der Waals surface area contributed by atoms with E-state index in [0.717, 1.165) is 11.1 Å². The zero-order valence-electron chi connectivity index (χ0n) is 15.1. The Labute approximate surface area is 153 Å². The lowest BCUT2D eigenvalue weighted by molar-refractivity contribution is -0.148. The lowest BCUT2D eigenvalue weighted by Crippen LogP contribution is -2.44. The van der Waals surface area contributed by atoms with Gasteiger partial charge >= 0.3 is 5.97 Å². The molecule has 0 aliphatic rings. The number of carboxylic acids is 1. The van der Waals surface area contributed by atoms with E-state index in [2.05, 4.69) is 0 Å². The number of benzene rings is 2. The number of carbonyl (C=O) groups is 2. The smallest absolute Gasteiger partial charge is 0.326 e. The molecule has 2 aromatic rings. The van der Waals surface area contributed by atoms with Crippen LogP contribution in [0.15, 0.2) is 48.5 Å². The minimum atomic E-state index is -1.03. The molecule has 1 atom stereocenters. The molecule has 0 fully saturated rings. The summed E-state index contributed by atoms with van der Waals surface area (Å²) in [5, 5.41) is 9.54. The van der Waals surface area contributed by atoms with E-state index in [1.54, 1.807) is 18.2 Å². The molecule has 2 rings (SSSR count). The second kappa shape index (κ2) is 8.89. The van der Waals surface area contributed by atoms with Gasteiger partial charge in [-0.1, -0.05) is 36.4 Å². The Hall–Kier alpha value is -3.02. The summed E-state index contributed by atoms with van der Waals surface area (Å²) in [6.07, 6.45) is 0.333. The second-order valence-electron chi connectivity index (χ2n) is 5.91. The lowest BCUT2D eigenvalue weighted by Gasteiger charge is -2.25. The maximum absolute atomic E-state index is 12.6. The monoisotopic (exact) mass is 357 g/mol. The van der Waals surface area contributed by atoms with Crippen molar-refractivity contribution >= 4 is 11.9 Å². The van der Waals surface area contributed by atoms with Crippen LogP contribution >= 0.6 is 0 Å². The number of carbonyl (C=O) groups excluding carboxylic acids is 1. The minimum Gasteiger partial charge on any atom is -0.493 e. The standard InChI is InChI=1S/C20H23NO5/c1-21(16(20(23)24)11-14-7-5-4-6-8-14)19(22)13-15-9-10-17(25-2)18(12-15)26-3/h4-10,12,16H,11,13H2,1-3H3,(H,23,24). The number of rotatable bonds is 8. The molecule has 1 amide bonds. The third-order valence-electron chi connectivity index (χ3n) is 4.22. The first-order valence-corrected chi connectivity index (χ1v) is 8.19. The molecule has 138 valence electrons. The molecule has 1 N–H and O–H groups in total. The fraction of sp³-hybridized carbons (Fsp3) is 0.300. The molecular weight excluding hydrogens is 334 g/mol. The summed E-state index contributed by atoms with van der Waals surface area (Å²) in [6.45, 7) is 0. The number of amides is 1. The zero-order chi connectivity index (χ0) is 19.1. The van der Waals surface area contributed by atoms with E-state index in [1.807, 2.05) is 30.3 Å². The third kappa shape index (κ3) is 4.75. The molecule has 0 radical (unpaired) electrons. The summed E-state index contributed by atoms with van der Waals surface area (Å²) < 4.78 is 10.4. The predicted octanol–water partition coefficient (Wildman–Crippen LogP) is 2.40. The quantitative estimate of drug-likeness (QED) is 0.785. The minimum absolute atomic E-state index is 0.0788. The number of ether oxygens (including phenoxy) is 2. The molecule has 2 aromatic carbocycles. The van der Waals surface area contributed by atoms with Crippen molar-refractivity contribution in [1.29, 1.82) is 0 Å². The molecule has 0 aliphatic heterocycles. The van der Waals surface area contributed by atoms with Crippen molar-refractivity contribution in [2.45, 2.75) is 18.9 Å². The summed E-state index contributed by atoms with van der Waals surface area (Å²) in [7, 11) is 4.58. The molecule has 0 saturated carbocycles. The van der Waals surface area contributed by atoms with Gasteiger partial charge < -0.3 is 19.5 Å². The first-order chi connectivity index (χ1) is 12.5. The highest BCUT2D eigenvalue weighted by molar-refractivity contribution is 5.85. The Morgan fingerprint density at radius 3 is 2.23 bits per heavy atom. The average Bonchev–Trinajstić information content (AvgIpc) is 2.66. The van der Waals surface area contributed by atoms with Crippen LogP contribution in [0.4, 0.5) is 0 Å². The maximum Gasteiger partial charge on any atom is 0.326 e. The summed E-state index contributed by atoms with van der Waals surface area (Å²) in [5.74, 6) is -0.207. The van der Waals surface area contributed by atoms with Crippen molar-refractivity contribution in [2.75, 3.05) is 21.3 Å². The molecule has 0 saturated heterocycles. The highest BCUT2D eigenvalue weighted by Crippen LogP contribution is 2.28. The van der Waals surface area contributed by atoms with Crippen molar-refractivity contribution < 1.29 is 24.2 Å². The number of hydrogen-bond donors (Lipinski definition) is 1. The van der Waals surface area contributed by atoms with Gasteiger partial charge in [0.2, 0.25) is 5.91 Å². The van der Waals surface area contributed by atoms with Gasteiger partial charge in [0.05, 0.1) is 20.6 Å². The third-order valence-corrected chi connectivity index (χ3v) is 4.22. The van der Waals surface area contributed by atoms with Crippen LogP contribution in [0.2, 0.25) is 0 Å². The average molecular weight is 357 g/mol. The second-order valence-corrected chi connectivity index (χ2v) is 5.91. The number of nitrogens with zero attached hydrogens (tertiary/aromatic N) is 1. The van der Waals surface area contributed by atoms with E-state index >= 15 is 0 Å². The van der Waals surface area contributed by atoms with Crippen LogP contribution in [-0.2, 0) is 22.4 Å². The lowest BCUT2D eigenvalue weighted by atomic mass is 10.0. The van der Waals surface area contributed by atoms with E-state index in [1.165, 1.54) is 26.2 Å². The van der Waals surface area contributed by atoms with Crippen LogP contribution in [0.5, 0.6) is 11.5 Å². The SMILES string of the molecule is COc1ccc(CC(=O)N(C)C(Cc2ccccc2)C(=O)O)cc1OC. The Morgan fingerprint density at radius 1 is 1.00 bits per heavy atom. The number of aliphatic carboxylic acids is 1. The molecular formula is C20H23NO5. The first-order valence-electron chi connectivity index (χ1n) is 8.19. The van der Waals surface area contributed by atoms with Gasteiger partial charge in [-0.15, -0.1) is 0 Å². The molecule has 0 heterocycles. The van der Waals surface area contributed by atoms with Gasteiger partial charge in [-0.25, -0.2) is 4.79 Å². The Balaban J connectivity index is 2.12. The van der Waals surface area contributed by atoms with Crippen LogP contribution < -0.4 is 9.47 Å². The van der Waals surface area contributed by atoms with Gasteiger partial charge in [0.15, 0.2) is 11.5 Å². The van der Waals surface area contributed by atoms with Crippen molar-refractivity contribution in [3.05, 3.63) is 59.7 Å². The summed E-state index contributed by atoms with van der Waals surface area (Å²) >= 11 is 0. The van der Waals surface area contributed by atoms with Gasteiger partial charge in [-0.05, 0) is 23.3 Å². The van der Waals surface area contributed by atoms with Gasteiger partial charge in [0.25, 0.3) is 0 Å². The molecule has 1 unspecified atom stereocenters. The normalized spacial score (nSPS) is 11.5. The predicted molar refractivity (Wildman–Crippen MR) is 97.6 cm³/mol. The van der Waals surface area contributed by atoms with E-state index in [9.17, 15) is 14.7 Å². The zero-order valence-corrected chi connectivity index (χ0v) is 15.1. The van der Waals surface area contributed by atoms with Crippen LogP contribution in [0.25, 0.3) is 0 Å². The van der Waals surface area contributed by atoms with Crippen molar-refractivity contribution in [1.82, 2.24) is 4.90 Å². The Kier molecular flexibility index (Phi) is 6.60. The Bertz CT molecular complexity index is 760. The van der Waals surface area contributed by atoms with Gasteiger partial charge in [-0.3, -0.25) is 4.79 Å². The van der Waals surface area contributed by atoms with Crippen LogP contribution in [0.1, 0.15) is 11.1 Å². The van der Waals surface area contributed by atoms with Crippen LogP contribution in [-0.4, -0.2) is 49.2 Å². The number of likely N-dealkylation sites (N-methyl/N-ethyl adjacent to an activating group) is 1. The summed E-state index contributed by atoms with van der Waals surface area (Å²) in [4.78, 5) is 25.5. The topological polar surface area (TPSA) is 76.1 Å². The molecule has 0 aliphatic carbocycles. The van der Waals surface area contributed by atoms with E-state index in [4.69, 9.17) is 9.47 Å². The molecule has 0 bridgehead atoms. The van der Waals surface area contributed by atoms with E-state index in [-0.39, 0.29) is 18.7 Å².